The van der Waals surface area contributed by atoms with E-state index in [-0.39, 0.29) is 0 Å². The summed E-state index contributed by atoms with van der Waals surface area (Å²) in [5.41, 5.74) is 7.71. The molecule has 0 saturated carbocycles. The summed E-state index contributed by atoms with van der Waals surface area (Å²) in [4.78, 5) is 4.31. The van der Waals surface area contributed by atoms with E-state index in [1.165, 1.54) is 16.6 Å². The molecular weight excluding hydrogens is 336 g/mol. The molecule has 0 radical (unpaired) electrons. The third-order valence-electron chi connectivity index (χ3n) is 4.26. The van der Waals surface area contributed by atoms with Gasteiger partial charge in [-0.1, -0.05) is 36.4 Å². The van der Waals surface area contributed by atoms with Gasteiger partial charge in [-0.25, -0.2) is 14.6 Å². The van der Waals surface area contributed by atoms with Crippen molar-refractivity contribution in [2.45, 2.75) is 20.4 Å². The van der Waals surface area contributed by atoms with E-state index in [9.17, 15) is 0 Å². The van der Waals surface area contributed by atoms with Crippen LogP contribution in [0, 0.1) is 0 Å². The molecule has 6 heteroatoms. The normalized spacial score (nSPS) is 12.0. The standard InChI is InChI=1S/C21H27N6/c1-4-22-21(23-5-2)25-24-14-17-10-12-18(13-11-17)15-27-16-26(3)19-8-6-7-9-20(19)27/h6-14,16H,4-5,15H2,1-3H3,(H2,22,23,25)/q+1/b24-14-. The first-order valence-electron chi connectivity index (χ1n) is 9.31. The van der Waals surface area contributed by atoms with Crippen LogP contribution >= 0.6 is 0 Å². The highest BCUT2D eigenvalue weighted by atomic mass is 15.4. The lowest BCUT2D eigenvalue weighted by atomic mass is 10.1. The number of aryl methyl sites for hydroxylation is 1. The third-order valence-corrected chi connectivity index (χ3v) is 4.26. The molecule has 1 aromatic heterocycles. The van der Waals surface area contributed by atoms with Gasteiger partial charge >= 0.3 is 0 Å². The van der Waals surface area contributed by atoms with E-state index in [0.717, 1.165) is 18.7 Å². The Hall–Kier alpha value is -3.15. The largest absolute Gasteiger partial charge is 0.355 e. The summed E-state index contributed by atoms with van der Waals surface area (Å²) < 4.78 is 4.42. The van der Waals surface area contributed by atoms with Gasteiger partial charge < -0.3 is 5.32 Å². The van der Waals surface area contributed by atoms with E-state index in [0.29, 0.717) is 12.5 Å². The van der Waals surface area contributed by atoms with Gasteiger partial charge in [-0.05, 0) is 37.1 Å². The minimum absolute atomic E-state index is 0.695. The Balaban J connectivity index is 1.66. The van der Waals surface area contributed by atoms with Gasteiger partial charge in [-0.2, -0.15) is 5.10 Å². The van der Waals surface area contributed by atoms with Crippen molar-refractivity contribution in [1.82, 2.24) is 15.3 Å². The fourth-order valence-corrected chi connectivity index (χ4v) is 2.99. The molecule has 3 aromatic rings. The van der Waals surface area contributed by atoms with Crippen LogP contribution in [0.15, 0.2) is 65.0 Å². The number of rotatable bonds is 6. The molecule has 27 heavy (non-hydrogen) atoms. The first-order chi connectivity index (χ1) is 13.2. The number of hydrogen-bond acceptors (Lipinski definition) is 2. The Morgan fingerprint density at radius 1 is 1.11 bits per heavy atom. The summed E-state index contributed by atoms with van der Waals surface area (Å²) in [6, 6.07) is 16.9. The smallest absolute Gasteiger partial charge is 0.244 e. The number of guanidine groups is 1. The SMILES string of the molecule is CCN=C(NCC)N/N=C\c1ccc(Cn2c[n+](C)c3ccccc32)cc1. The highest BCUT2D eigenvalue weighted by Gasteiger charge is 2.12. The van der Waals surface area contributed by atoms with E-state index in [2.05, 4.69) is 91.9 Å². The Bertz CT molecular complexity index is 937. The van der Waals surface area contributed by atoms with Crippen LogP contribution in [0.25, 0.3) is 11.0 Å². The van der Waals surface area contributed by atoms with Crippen LogP contribution in [0.4, 0.5) is 0 Å². The summed E-state index contributed by atoms with van der Waals surface area (Å²) in [6.45, 7) is 6.39. The summed E-state index contributed by atoms with van der Waals surface area (Å²) in [5, 5.41) is 7.40. The van der Waals surface area contributed by atoms with Crippen molar-refractivity contribution >= 4 is 23.2 Å². The molecule has 0 aliphatic heterocycles. The number of hydrazone groups is 1. The van der Waals surface area contributed by atoms with Gasteiger partial charge in [-0.3, -0.25) is 4.99 Å². The average molecular weight is 363 g/mol. The van der Waals surface area contributed by atoms with Gasteiger partial charge in [-0.15, -0.1) is 0 Å². The molecule has 0 bridgehead atoms. The third kappa shape index (κ3) is 4.73. The lowest BCUT2D eigenvalue weighted by molar-refractivity contribution is -0.645. The van der Waals surface area contributed by atoms with Crippen molar-refractivity contribution in [3.05, 3.63) is 66.0 Å². The van der Waals surface area contributed by atoms with E-state index in [1.807, 2.05) is 13.8 Å². The van der Waals surface area contributed by atoms with Gasteiger partial charge in [0.05, 0.1) is 13.3 Å². The molecule has 0 spiro atoms. The van der Waals surface area contributed by atoms with Crippen molar-refractivity contribution in [1.29, 1.82) is 0 Å². The second kappa shape index (κ2) is 8.98. The number of nitrogens with zero attached hydrogens (tertiary/aromatic N) is 4. The maximum atomic E-state index is 4.31. The van der Waals surface area contributed by atoms with Crippen LogP contribution in [0.5, 0.6) is 0 Å². The fourth-order valence-electron chi connectivity index (χ4n) is 2.99. The van der Waals surface area contributed by atoms with Gasteiger partial charge in [0.1, 0.15) is 6.54 Å². The molecule has 2 N–H and O–H groups in total. The molecule has 6 nitrogen and oxygen atoms in total. The zero-order valence-corrected chi connectivity index (χ0v) is 16.2. The summed E-state index contributed by atoms with van der Waals surface area (Å²) in [7, 11) is 2.08. The van der Waals surface area contributed by atoms with Crippen molar-refractivity contribution in [3.8, 4) is 0 Å². The van der Waals surface area contributed by atoms with E-state index >= 15 is 0 Å². The maximum absolute atomic E-state index is 4.31. The molecule has 0 saturated heterocycles. The topological polar surface area (TPSA) is 57.6 Å². The van der Waals surface area contributed by atoms with Crippen LogP contribution in [0.1, 0.15) is 25.0 Å². The molecule has 1 heterocycles. The molecule has 0 aliphatic rings. The van der Waals surface area contributed by atoms with Crippen LogP contribution in [-0.2, 0) is 13.6 Å². The van der Waals surface area contributed by atoms with Crippen molar-refractivity contribution in [2.75, 3.05) is 13.1 Å². The predicted molar refractivity (Wildman–Crippen MR) is 111 cm³/mol. The molecule has 0 amide bonds. The number of benzene rings is 2. The van der Waals surface area contributed by atoms with E-state index in [1.54, 1.807) is 6.21 Å². The minimum Gasteiger partial charge on any atom is -0.355 e. The molecule has 0 fully saturated rings. The summed E-state index contributed by atoms with van der Waals surface area (Å²) in [6.07, 6.45) is 3.94. The van der Waals surface area contributed by atoms with Crippen LogP contribution in [0.2, 0.25) is 0 Å². The number of aromatic nitrogens is 2. The van der Waals surface area contributed by atoms with E-state index < -0.39 is 0 Å². The first-order valence-corrected chi connectivity index (χ1v) is 9.31. The number of nitrogens with one attached hydrogen (secondary N) is 2. The number of para-hydroxylation sites is 2. The molecular formula is C21H27N6+. The first kappa shape index (κ1) is 18.6. The van der Waals surface area contributed by atoms with Crippen molar-refractivity contribution in [3.63, 3.8) is 0 Å². The van der Waals surface area contributed by atoms with Gasteiger partial charge in [0.15, 0.2) is 11.0 Å². The number of hydrogen-bond donors (Lipinski definition) is 2. The van der Waals surface area contributed by atoms with Gasteiger partial charge in [0, 0.05) is 13.1 Å². The van der Waals surface area contributed by atoms with Crippen LogP contribution in [-0.4, -0.2) is 29.8 Å². The number of imidazole rings is 1. The monoisotopic (exact) mass is 363 g/mol. The second-order valence-electron chi connectivity index (χ2n) is 6.31. The lowest BCUT2D eigenvalue weighted by Crippen LogP contribution is -2.34. The van der Waals surface area contributed by atoms with Crippen molar-refractivity contribution < 1.29 is 4.57 Å². The highest BCUT2D eigenvalue weighted by molar-refractivity contribution is 5.83. The molecule has 0 unspecified atom stereocenters. The lowest BCUT2D eigenvalue weighted by Gasteiger charge is -2.05. The minimum atomic E-state index is 0.695. The predicted octanol–water partition coefficient (Wildman–Crippen LogP) is 2.42. The maximum Gasteiger partial charge on any atom is 0.244 e. The Kier molecular flexibility index (Phi) is 6.20. The van der Waals surface area contributed by atoms with Crippen LogP contribution < -0.4 is 15.3 Å². The van der Waals surface area contributed by atoms with Crippen molar-refractivity contribution in [2.24, 2.45) is 17.1 Å². The molecule has 3 rings (SSSR count). The van der Waals surface area contributed by atoms with Crippen LogP contribution in [0.3, 0.4) is 0 Å². The number of aliphatic imine (C=N–C) groups is 1. The molecule has 2 aromatic carbocycles. The zero-order chi connectivity index (χ0) is 19.1. The quantitative estimate of drug-likeness (QED) is 0.306. The van der Waals surface area contributed by atoms with Gasteiger partial charge in [0.2, 0.25) is 12.3 Å². The summed E-state index contributed by atoms with van der Waals surface area (Å²) in [5.74, 6) is 0.695. The Labute approximate surface area is 160 Å². The Morgan fingerprint density at radius 3 is 2.63 bits per heavy atom. The second-order valence-corrected chi connectivity index (χ2v) is 6.31. The molecule has 0 aliphatic carbocycles. The zero-order valence-electron chi connectivity index (χ0n) is 16.2. The Morgan fingerprint density at radius 2 is 1.89 bits per heavy atom. The van der Waals surface area contributed by atoms with Gasteiger partial charge in [0.25, 0.3) is 0 Å². The highest BCUT2D eigenvalue weighted by Crippen LogP contribution is 2.13. The molecule has 140 valence electrons. The molecule has 0 atom stereocenters. The van der Waals surface area contributed by atoms with E-state index in [4.69, 9.17) is 0 Å². The number of fused-ring (bicyclic) bond motifs is 1. The fraction of sp³-hybridized carbons (Fsp3) is 0.286. The average Bonchev–Trinajstić information content (AvgIpc) is 2.99. The summed E-state index contributed by atoms with van der Waals surface area (Å²) >= 11 is 0.